The molecule has 2 aromatic rings. The van der Waals surface area contributed by atoms with E-state index < -0.39 is 21.7 Å². The van der Waals surface area contributed by atoms with E-state index in [0.29, 0.717) is 22.9 Å². The summed E-state index contributed by atoms with van der Waals surface area (Å²) < 4.78 is 10.8. The molecule has 0 heterocycles. The highest BCUT2D eigenvalue weighted by Crippen LogP contribution is 2.38. The van der Waals surface area contributed by atoms with Crippen molar-refractivity contribution in [1.29, 1.82) is 0 Å². The monoisotopic (exact) mass is 484 g/mol. The van der Waals surface area contributed by atoms with Crippen LogP contribution in [0, 0.1) is 0 Å². The van der Waals surface area contributed by atoms with Crippen LogP contribution in [-0.2, 0) is 9.47 Å². The summed E-state index contributed by atoms with van der Waals surface area (Å²) in [7, 11) is -3.04. The average Bonchev–Trinajstić information content (AvgIpc) is 2.64. The van der Waals surface area contributed by atoms with Crippen LogP contribution in [0.1, 0.15) is 59.1 Å². The third-order valence-corrected chi connectivity index (χ3v) is 14.8. The van der Waals surface area contributed by atoms with Crippen LogP contribution >= 0.6 is 0 Å². The number of hydrogen-bond donors (Lipinski definition) is 0. The van der Waals surface area contributed by atoms with Crippen molar-refractivity contribution in [1.82, 2.24) is 0 Å². The van der Waals surface area contributed by atoms with Crippen LogP contribution in [0.2, 0.25) is 39.3 Å². The number of carbonyl (C=O) groups excluding carboxylic acids is 2. The molecule has 0 fully saturated rings. The van der Waals surface area contributed by atoms with Crippen LogP contribution in [0.5, 0.6) is 0 Å². The summed E-state index contributed by atoms with van der Waals surface area (Å²) in [6.07, 6.45) is 0. The molecule has 0 saturated heterocycles. The molecule has 4 nitrogen and oxygen atoms in total. The van der Waals surface area contributed by atoms with Crippen molar-refractivity contribution >= 4 is 28.1 Å². The van der Waals surface area contributed by atoms with Gasteiger partial charge < -0.3 is 9.47 Å². The first-order valence-corrected chi connectivity index (χ1v) is 18.8. The zero-order valence-electron chi connectivity index (χ0n) is 22.0. The molecule has 0 amide bonds. The molecule has 6 heteroatoms. The van der Waals surface area contributed by atoms with Crippen LogP contribution in [0.4, 0.5) is 0 Å². The highest BCUT2D eigenvalue weighted by atomic mass is 28.4. The van der Waals surface area contributed by atoms with Crippen molar-refractivity contribution in [3.63, 3.8) is 0 Å². The molecular formula is C27H40O4Si2. The van der Waals surface area contributed by atoms with E-state index in [9.17, 15) is 9.59 Å². The number of hydrogen-bond acceptors (Lipinski definition) is 4. The molecule has 2 aromatic carbocycles. The van der Waals surface area contributed by atoms with Gasteiger partial charge in [-0.05, 0) is 67.7 Å². The van der Waals surface area contributed by atoms with Crippen molar-refractivity contribution < 1.29 is 19.1 Å². The molecule has 0 bridgehead atoms. The SMILES string of the molecule is CCOC(=O)c1ccc(-c2cc(C([Si](C)(C)C)[Si](C)(C)C)ccc2C(=O)OC(C)(C)C)cc1. The van der Waals surface area contributed by atoms with Gasteiger partial charge >= 0.3 is 11.9 Å². The molecule has 180 valence electrons. The Labute approximate surface area is 201 Å². The molecule has 0 aromatic heterocycles. The predicted octanol–water partition coefficient (Wildman–Crippen LogP) is 7.32. The van der Waals surface area contributed by atoms with E-state index in [1.54, 1.807) is 19.1 Å². The Hall–Kier alpha value is -2.19. The van der Waals surface area contributed by atoms with Crippen LogP contribution in [-0.4, -0.2) is 40.3 Å². The summed E-state index contributed by atoms with van der Waals surface area (Å²) in [6, 6.07) is 13.5. The molecule has 0 radical (unpaired) electrons. The van der Waals surface area contributed by atoms with E-state index in [1.807, 2.05) is 39.0 Å². The second kappa shape index (κ2) is 9.98. The minimum Gasteiger partial charge on any atom is -0.462 e. The molecule has 2 rings (SSSR count). The van der Waals surface area contributed by atoms with Crippen molar-refractivity contribution in [2.24, 2.45) is 0 Å². The third kappa shape index (κ3) is 7.15. The van der Waals surface area contributed by atoms with E-state index in [0.717, 1.165) is 11.1 Å². The van der Waals surface area contributed by atoms with Crippen LogP contribution in [0.3, 0.4) is 0 Å². The average molecular weight is 485 g/mol. The normalized spacial score (nSPS) is 12.6. The Morgan fingerprint density at radius 3 is 1.85 bits per heavy atom. The largest absolute Gasteiger partial charge is 0.462 e. The second-order valence-corrected chi connectivity index (χ2v) is 23.0. The Balaban J connectivity index is 2.66. The van der Waals surface area contributed by atoms with Crippen LogP contribution in [0.25, 0.3) is 11.1 Å². The van der Waals surface area contributed by atoms with Gasteiger partial charge in [-0.3, -0.25) is 0 Å². The van der Waals surface area contributed by atoms with Crippen LogP contribution < -0.4 is 0 Å². The van der Waals surface area contributed by atoms with Crippen molar-refractivity contribution in [2.45, 2.75) is 77.7 Å². The number of rotatable bonds is 7. The van der Waals surface area contributed by atoms with E-state index in [1.165, 1.54) is 5.56 Å². The zero-order chi connectivity index (χ0) is 25.2. The van der Waals surface area contributed by atoms with E-state index >= 15 is 0 Å². The lowest BCUT2D eigenvalue weighted by atomic mass is 9.96. The third-order valence-electron chi connectivity index (χ3n) is 5.43. The minimum atomic E-state index is -1.52. The van der Waals surface area contributed by atoms with Crippen molar-refractivity contribution in [2.75, 3.05) is 6.61 Å². The second-order valence-electron chi connectivity index (χ2n) is 11.8. The fraction of sp³-hybridized carbons (Fsp3) is 0.481. The molecular weight excluding hydrogens is 444 g/mol. The predicted molar refractivity (Wildman–Crippen MR) is 142 cm³/mol. The molecule has 0 atom stereocenters. The minimum absolute atomic E-state index is 0.334. The smallest absolute Gasteiger partial charge is 0.339 e. The topological polar surface area (TPSA) is 52.6 Å². The van der Waals surface area contributed by atoms with Gasteiger partial charge in [0.2, 0.25) is 0 Å². The lowest BCUT2D eigenvalue weighted by molar-refractivity contribution is 0.00702. The Morgan fingerprint density at radius 1 is 0.848 bits per heavy atom. The first-order valence-electron chi connectivity index (χ1n) is 11.7. The lowest BCUT2D eigenvalue weighted by Crippen LogP contribution is -2.46. The Bertz CT molecular complexity index is 977. The number of benzene rings is 2. The summed E-state index contributed by atoms with van der Waals surface area (Å²) >= 11 is 0. The molecule has 0 aliphatic heterocycles. The van der Waals surface area contributed by atoms with Gasteiger partial charge in [0.05, 0.1) is 17.7 Å². The fourth-order valence-corrected chi connectivity index (χ4v) is 17.5. The van der Waals surface area contributed by atoms with Gasteiger partial charge in [-0.2, -0.15) is 0 Å². The quantitative estimate of drug-likeness (QED) is 0.305. The van der Waals surface area contributed by atoms with Gasteiger partial charge in [0.15, 0.2) is 0 Å². The molecule has 0 unspecified atom stereocenters. The lowest BCUT2D eigenvalue weighted by Gasteiger charge is -2.39. The van der Waals surface area contributed by atoms with Crippen molar-refractivity contribution in [3.8, 4) is 11.1 Å². The maximum absolute atomic E-state index is 13.1. The molecule has 33 heavy (non-hydrogen) atoms. The molecule has 0 aliphatic rings. The van der Waals surface area contributed by atoms with Gasteiger partial charge in [0, 0.05) is 16.1 Å². The van der Waals surface area contributed by atoms with E-state index in [2.05, 4.69) is 51.4 Å². The molecule has 0 N–H and O–H groups in total. The number of ether oxygens (including phenoxy) is 2. The van der Waals surface area contributed by atoms with Crippen molar-refractivity contribution in [3.05, 3.63) is 59.2 Å². The molecule has 0 aliphatic carbocycles. The van der Waals surface area contributed by atoms with E-state index in [-0.39, 0.29) is 11.9 Å². The summed E-state index contributed by atoms with van der Waals surface area (Å²) in [4.78, 5) is 25.2. The maximum Gasteiger partial charge on any atom is 0.339 e. The first-order chi connectivity index (χ1) is 15.0. The highest BCUT2D eigenvalue weighted by Gasteiger charge is 2.39. The maximum atomic E-state index is 13.1. The highest BCUT2D eigenvalue weighted by molar-refractivity contribution is 6.96. The molecule has 0 saturated carbocycles. The Kier molecular flexibility index (Phi) is 8.18. The number of carbonyl (C=O) groups is 2. The summed E-state index contributed by atoms with van der Waals surface area (Å²) in [5.41, 5.74) is 3.49. The fourth-order valence-electron chi connectivity index (χ4n) is 4.79. The van der Waals surface area contributed by atoms with E-state index in [4.69, 9.17) is 9.47 Å². The van der Waals surface area contributed by atoms with Gasteiger partial charge in [0.1, 0.15) is 5.60 Å². The Morgan fingerprint density at radius 2 is 1.39 bits per heavy atom. The summed E-state index contributed by atoms with van der Waals surface area (Å²) in [6.45, 7) is 22.3. The first kappa shape index (κ1) is 27.1. The standard InChI is InChI=1S/C27H40O4Si2/c1-11-30-24(28)20-14-12-19(13-15-20)23-18-21(26(32(5,6)7)33(8,9)10)16-17-22(23)25(29)31-27(2,3)4/h12-18,26H,11H2,1-10H3. The van der Waals surface area contributed by atoms with Gasteiger partial charge in [-0.25, -0.2) is 9.59 Å². The van der Waals surface area contributed by atoms with Crippen LogP contribution in [0.15, 0.2) is 42.5 Å². The van der Waals surface area contributed by atoms with Gasteiger partial charge in [-0.1, -0.05) is 63.5 Å². The van der Waals surface area contributed by atoms with Gasteiger partial charge in [0.25, 0.3) is 0 Å². The zero-order valence-corrected chi connectivity index (χ0v) is 24.0. The molecule has 0 spiro atoms. The number of esters is 2. The van der Waals surface area contributed by atoms with Gasteiger partial charge in [-0.15, -0.1) is 0 Å². The summed E-state index contributed by atoms with van der Waals surface area (Å²) in [5.74, 6) is -0.682. The summed E-state index contributed by atoms with van der Waals surface area (Å²) in [5, 5.41) is 0.537.